The van der Waals surface area contributed by atoms with Crippen molar-refractivity contribution in [2.75, 3.05) is 45.3 Å². The summed E-state index contributed by atoms with van der Waals surface area (Å²) >= 11 is 0. The molecule has 0 fully saturated rings. The monoisotopic (exact) mass is 541 g/mol. The molecule has 0 aliphatic heterocycles. The van der Waals surface area contributed by atoms with Crippen LogP contribution in [-0.4, -0.2) is 50.9 Å². The van der Waals surface area contributed by atoms with E-state index in [0.29, 0.717) is 19.8 Å². The molecule has 8 heteroatoms. The summed E-state index contributed by atoms with van der Waals surface area (Å²) in [6.07, 6.45) is 3.89. The number of ether oxygens (including phenoxy) is 2. The van der Waals surface area contributed by atoms with Crippen LogP contribution in [-0.2, 0) is 11.3 Å². The molecule has 2 aromatic rings. The highest BCUT2D eigenvalue weighted by Crippen LogP contribution is 2.21. The summed E-state index contributed by atoms with van der Waals surface area (Å²) in [6.45, 7) is 8.36. The minimum absolute atomic E-state index is 0. The van der Waals surface area contributed by atoms with Crippen LogP contribution in [0.15, 0.2) is 47.6 Å². The molecule has 0 saturated carbocycles. The highest BCUT2D eigenvalue weighted by Gasteiger charge is 2.05. The predicted molar refractivity (Wildman–Crippen MR) is 139 cm³/mol. The maximum atomic E-state index is 5.87. The summed E-state index contributed by atoms with van der Waals surface area (Å²) in [7, 11) is 1.67. The van der Waals surface area contributed by atoms with Gasteiger partial charge < -0.3 is 25.4 Å². The normalized spacial score (nSPS) is 10.9. The van der Waals surface area contributed by atoms with Crippen LogP contribution in [0.25, 0.3) is 0 Å². The van der Waals surface area contributed by atoms with Gasteiger partial charge in [0, 0.05) is 38.5 Å². The second-order valence-corrected chi connectivity index (χ2v) is 6.92. The molecule has 3 N–H and O–H groups in total. The zero-order valence-electron chi connectivity index (χ0n) is 18.8. The second kappa shape index (κ2) is 16.6. The van der Waals surface area contributed by atoms with E-state index in [2.05, 4.69) is 53.0 Å². The molecule has 0 saturated heterocycles. The predicted octanol–water partition coefficient (Wildman–Crippen LogP) is 3.98. The smallest absolute Gasteiger partial charge is 0.191 e. The fourth-order valence-electron chi connectivity index (χ4n) is 2.81. The molecule has 0 spiro atoms. The Morgan fingerprint density at radius 3 is 2.65 bits per heavy atom. The third-order valence-electron chi connectivity index (χ3n) is 4.39. The lowest BCUT2D eigenvalue weighted by Crippen LogP contribution is -2.37. The molecule has 1 heterocycles. The van der Waals surface area contributed by atoms with E-state index in [1.54, 1.807) is 13.3 Å². The maximum absolute atomic E-state index is 5.87. The number of rotatable bonds is 13. The average Bonchev–Trinajstić information content (AvgIpc) is 2.76. The van der Waals surface area contributed by atoms with Gasteiger partial charge in [0.1, 0.15) is 18.2 Å². The largest absolute Gasteiger partial charge is 0.491 e. The van der Waals surface area contributed by atoms with Crippen molar-refractivity contribution in [2.24, 2.45) is 4.99 Å². The van der Waals surface area contributed by atoms with Gasteiger partial charge in [0.2, 0.25) is 0 Å². The zero-order chi connectivity index (χ0) is 21.4. The number of aliphatic imine (C=N–C) groups is 1. The zero-order valence-corrected chi connectivity index (χ0v) is 21.1. The number of pyridine rings is 1. The number of guanidine groups is 1. The van der Waals surface area contributed by atoms with Gasteiger partial charge >= 0.3 is 0 Å². The number of halogens is 1. The first-order chi connectivity index (χ1) is 14.7. The summed E-state index contributed by atoms with van der Waals surface area (Å²) in [5.41, 5.74) is 2.23. The summed E-state index contributed by atoms with van der Waals surface area (Å²) in [6, 6.07) is 12.1. The Kier molecular flexibility index (Phi) is 14.4. The summed E-state index contributed by atoms with van der Waals surface area (Å²) in [5.74, 6) is 2.60. The molecule has 2 rings (SSSR count). The Hall–Kier alpha value is -2.07. The number of hydrogen-bond acceptors (Lipinski definition) is 5. The molecule has 0 amide bonds. The Labute approximate surface area is 203 Å². The third-order valence-corrected chi connectivity index (χ3v) is 4.39. The molecule has 0 radical (unpaired) electrons. The van der Waals surface area contributed by atoms with Crippen molar-refractivity contribution >= 4 is 35.8 Å². The van der Waals surface area contributed by atoms with Crippen LogP contribution < -0.4 is 20.7 Å². The van der Waals surface area contributed by atoms with Crippen molar-refractivity contribution in [1.29, 1.82) is 0 Å². The second-order valence-electron chi connectivity index (χ2n) is 6.92. The van der Waals surface area contributed by atoms with Crippen LogP contribution in [0.5, 0.6) is 5.75 Å². The van der Waals surface area contributed by atoms with Crippen LogP contribution in [0.2, 0.25) is 0 Å². The maximum Gasteiger partial charge on any atom is 0.191 e. The lowest BCUT2D eigenvalue weighted by molar-refractivity contribution is 0.145. The van der Waals surface area contributed by atoms with Gasteiger partial charge in [0.25, 0.3) is 0 Å². The van der Waals surface area contributed by atoms with Crippen LogP contribution >= 0.6 is 24.0 Å². The van der Waals surface area contributed by atoms with Crippen LogP contribution in [0, 0.1) is 6.92 Å². The van der Waals surface area contributed by atoms with Crippen molar-refractivity contribution in [2.45, 2.75) is 33.2 Å². The highest BCUT2D eigenvalue weighted by atomic mass is 127. The number of hydrogen-bond donors (Lipinski definition) is 3. The Balaban J connectivity index is 0.00000480. The van der Waals surface area contributed by atoms with Crippen molar-refractivity contribution < 1.29 is 9.47 Å². The number of aryl methyl sites for hydroxylation is 1. The molecular weight excluding hydrogens is 505 g/mol. The number of benzene rings is 1. The van der Waals surface area contributed by atoms with E-state index in [-0.39, 0.29) is 24.0 Å². The molecule has 1 aromatic carbocycles. The SMILES string of the molecule is CCNC(=NCc1ccc(C)cc1OCCOC)NCCCCNc1ccccn1.I. The van der Waals surface area contributed by atoms with E-state index in [9.17, 15) is 0 Å². The number of methoxy groups -OCH3 is 1. The number of nitrogens with zero attached hydrogens (tertiary/aromatic N) is 2. The molecular formula is C23H36IN5O2. The first kappa shape index (κ1) is 27.0. The molecule has 31 heavy (non-hydrogen) atoms. The van der Waals surface area contributed by atoms with Crippen molar-refractivity contribution in [3.05, 3.63) is 53.7 Å². The van der Waals surface area contributed by atoms with Gasteiger partial charge in [-0.15, -0.1) is 24.0 Å². The number of unbranched alkanes of at least 4 members (excludes halogenated alkanes) is 1. The molecule has 1 aromatic heterocycles. The van der Waals surface area contributed by atoms with Crippen molar-refractivity contribution in [1.82, 2.24) is 15.6 Å². The summed E-state index contributed by atoms with van der Waals surface area (Å²) in [5, 5.41) is 10.0. The van der Waals surface area contributed by atoms with Gasteiger partial charge in [-0.1, -0.05) is 18.2 Å². The van der Waals surface area contributed by atoms with Crippen LogP contribution in [0.4, 0.5) is 5.82 Å². The van der Waals surface area contributed by atoms with Gasteiger partial charge in [-0.25, -0.2) is 9.98 Å². The van der Waals surface area contributed by atoms with E-state index in [4.69, 9.17) is 14.5 Å². The lowest BCUT2D eigenvalue weighted by Gasteiger charge is -2.14. The molecule has 0 atom stereocenters. The number of nitrogens with one attached hydrogen (secondary N) is 3. The number of aromatic nitrogens is 1. The van der Waals surface area contributed by atoms with E-state index in [0.717, 1.165) is 55.6 Å². The van der Waals surface area contributed by atoms with E-state index >= 15 is 0 Å². The minimum atomic E-state index is 0. The lowest BCUT2D eigenvalue weighted by atomic mass is 10.1. The fourth-order valence-corrected chi connectivity index (χ4v) is 2.81. The molecule has 0 bridgehead atoms. The van der Waals surface area contributed by atoms with Gasteiger partial charge in [-0.05, 0) is 50.5 Å². The summed E-state index contributed by atoms with van der Waals surface area (Å²) in [4.78, 5) is 8.99. The average molecular weight is 541 g/mol. The topological polar surface area (TPSA) is 79.8 Å². The quantitative estimate of drug-likeness (QED) is 0.154. The summed E-state index contributed by atoms with van der Waals surface area (Å²) < 4.78 is 10.9. The Bertz CT molecular complexity index is 759. The van der Waals surface area contributed by atoms with E-state index in [1.165, 1.54) is 5.56 Å². The number of anilines is 1. The molecule has 0 aliphatic rings. The standard InChI is InChI=1S/C23H35N5O2.HI/c1-4-24-23(27-14-8-7-13-26-22-9-5-6-12-25-22)28-18-20-11-10-19(2)17-21(20)30-16-15-29-3;/h5-6,9-12,17H,4,7-8,13-16,18H2,1-3H3,(H,25,26)(H2,24,27,28);1H. The minimum Gasteiger partial charge on any atom is -0.491 e. The van der Waals surface area contributed by atoms with Crippen LogP contribution in [0.3, 0.4) is 0 Å². The molecule has 7 nitrogen and oxygen atoms in total. The van der Waals surface area contributed by atoms with Gasteiger partial charge in [-0.2, -0.15) is 0 Å². The van der Waals surface area contributed by atoms with Crippen molar-refractivity contribution in [3.8, 4) is 5.75 Å². The Morgan fingerprint density at radius 2 is 1.90 bits per heavy atom. The van der Waals surface area contributed by atoms with E-state index in [1.807, 2.05) is 18.2 Å². The van der Waals surface area contributed by atoms with Crippen molar-refractivity contribution in [3.63, 3.8) is 0 Å². The third kappa shape index (κ3) is 11.2. The van der Waals surface area contributed by atoms with E-state index < -0.39 is 0 Å². The molecule has 0 aliphatic carbocycles. The van der Waals surface area contributed by atoms with Crippen LogP contribution in [0.1, 0.15) is 30.9 Å². The Morgan fingerprint density at radius 1 is 1.06 bits per heavy atom. The first-order valence-electron chi connectivity index (χ1n) is 10.6. The molecule has 172 valence electrons. The fraction of sp³-hybridized carbons (Fsp3) is 0.478. The molecule has 0 unspecified atom stereocenters. The highest BCUT2D eigenvalue weighted by molar-refractivity contribution is 14.0. The van der Waals surface area contributed by atoms with Gasteiger partial charge in [0.05, 0.1) is 13.2 Å². The van der Waals surface area contributed by atoms with Gasteiger partial charge in [-0.3, -0.25) is 0 Å². The van der Waals surface area contributed by atoms with Gasteiger partial charge in [0.15, 0.2) is 5.96 Å². The first-order valence-corrected chi connectivity index (χ1v) is 10.6.